The van der Waals surface area contributed by atoms with Crippen LogP contribution in [0.25, 0.3) is 0 Å². The number of fused-ring (bicyclic) bond motifs is 1. The third-order valence-corrected chi connectivity index (χ3v) is 7.18. The molecular formula is C25H30F3N5O3S. The number of sulfonamides is 1. The van der Waals surface area contributed by atoms with E-state index in [-0.39, 0.29) is 24.3 Å². The third kappa shape index (κ3) is 7.16. The first-order valence-corrected chi connectivity index (χ1v) is 13.3. The van der Waals surface area contributed by atoms with E-state index in [0.29, 0.717) is 24.2 Å². The zero-order chi connectivity index (χ0) is 27.4. The van der Waals surface area contributed by atoms with Gasteiger partial charge in [-0.15, -0.1) is 0 Å². The van der Waals surface area contributed by atoms with Crippen molar-refractivity contribution in [2.75, 3.05) is 12.3 Å². The molecule has 2 aromatic rings. The van der Waals surface area contributed by atoms with E-state index in [2.05, 4.69) is 19.6 Å². The molecule has 3 rings (SSSR count). The third-order valence-electron chi connectivity index (χ3n) is 6.02. The van der Waals surface area contributed by atoms with E-state index in [1.165, 1.54) is 31.5 Å². The van der Waals surface area contributed by atoms with E-state index < -0.39 is 27.7 Å². The van der Waals surface area contributed by atoms with Gasteiger partial charge in [-0.3, -0.25) is 14.7 Å². The molecule has 1 aromatic carbocycles. The molecular weight excluding hydrogens is 507 g/mol. The summed E-state index contributed by atoms with van der Waals surface area (Å²) in [5, 5.41) is 2.68. The van der Waals surface area contributed by atoms with Crippen molar-refractivity contribution in [1.82, 2.24) is 15.2 Å². The quantitative estimate of drug-likeness (QED) is 0.470. The summed E-state index contributed by atoms with van der Waals surface area (Å²) in [6, 6.07) is 6.81. The highest BCUT2D eigenvalue weighted by Crippen LogP contribution is 2.39. The fraction of sp³-hybridized carbons (Fsp3) is 0.400. The Morgan fingerprint density at radius 2 is 1.97 bits per heavy atom. The number of hydrogen-bond donors (Lipinski definition) is 2. The molecule has 1 aliphatic rings. The van der Waals surface area contributed by atoms with Gasteiger partial charge in [-0.2, -0.15) is 17.6 Å². The van der Waals surface area contributed by atoms with Gasteiger partial charge >= 0.3 is 6.18 Å². The van der Waals surface area contributed by atoms with Crippen molar-refractivity contribution in [2.24, 2.45) is 16.0 Å². The number of carbonyl (C=O) groups excluding carboxylic acids is 1. The maximum absolute atomic E-state index is 12.9. The number of pyridine rings is 1. The van der Waals surface area contributed by atoms with Crippen LogP contribution in [0, 0.1) is 5.92 Å². The monoisotopic (exact) mass is 537 g/mol. The Balaban J connectivity index is 1.72. The Bertz CT molecular complexity index is 1290. The standard InChI is InChI=1S/C25H30F3N5O3S/c1-4-37(35,36)32-12-18(10-29)11-31-24(34)19-9-20-15-33(23(16(2)3)22(20)30-13-19)14-17-5-7-21(8-6-17)25(26,27)28/h5-10,12-13,16,23H,4,11,14-15,29H2,1-3H3,(H,31,34). The average molecular weight is 538 g/mol. The van der Waals surface area contributed by atoms with Crippen LogP contribution in [0.2, 0.25) is 0 Å². The smallest absolute Gasteiger partial charge is 0.404 e. The zero-order valence-corrected chi connectivity index (χ0v) is 21.6. The fourth-order valence-corrected chi connectivity index (χ4v) is 4.55. The van der Waals surface area contributed by atoms with Crippen molar-refractivity contribution in [3.05, 3.63) is 76.2 Å². The summed E-state index contributed by atoms with van der Waals surface area (Å²) in [5.41, 5.74) is 7.92. The van der Waals surface area contributed by atoms with Gasteiger partial charge < -0.3 is 11.1 Å². The topological polar surface area (TPSA) is 118 Å². The summed E-state index contributed by atoms with van der Waals surface area (Å²) >= 11 is 0. The second-order valence-corrected chi connectivity index (χ2v) is 11.0. The van der Waals surface area contributed by atoms with Gasteiger partial charge in [-0.1, -0.05) is 26.0 Å². The van der Waals surface area contributed by atoms with E-state index in [4.69, 9.17) is 5.73 Å². The number of rotatable bonds is 9. The summed E-state index contributed by atoms with van der Waals surface area (Å²) in [7, 11) is -3.58. The lowest BCUT2D eigenvalue weighted by Crippen LogP contribution is -2.27. The molecule has 1 atom stereocenters. The van der Waals surface area contributed by atoms with Crippen LogP contribution in [-0.4, -0.2) is 42.7 Å². The molecule has 0 fully saturated rings. The van der Waals surface area contributed by atoms with Crippen LogP contribution in [-0.2, 0) is 29.3 Å². The van der Waals surface area contributed by atoms with E-state index in [1.807, 2.05) is 13.8 Å². The highest BCUT2D eigenvalue weighted by atomic mass is 32.2. The first-order chi connectivity index (χ1) is 17.3. The summed E-state index contributed by atoms with van der Waals surface area (Å²) in [6.07, 6.45) is -0.633. The highest BCUT2D eigenvalue weighted by Gasteiger charge is 2.35. The normalized spacial score (nSPS) is 16.9. The Morgan fingerprint density at radius 3 is 2.54 bits per heavy atom. The average Bonchev–Trinajstić information content (AvgIpc) is 3.21. The van der Waals surface area contributed by atoms with E-state index in [0.717, 1.165) is 35.2 Å². The molecule has 0 bridgehead atoms. The van der Waals surface area contributed by atoms with Crippen molar-refractivity contribution in [1.29, 1.82) is 0 Å². The molecule has 0 radical (unpaired) electrons. The Kier molecular flexibility index (Phi) is 8.75. The number of nitrogens with zero attached hydrogens (tertiary/aromatic N) is 3. The number of halogens is 3. The van der Waals surface area contributed by atoms with E-state index >= 15 is 0 Å². The maximum atomic E-state index is 12.9. The molecule has 0 saturated heterocycles. The van der Waals surface area contributed by atoms with Gasteiger partial charge in [-0.25, -0.2) is 8.42 Å². The predicted octanol–water partition coefficient (Wildman–Crippen LogP) is 3.81. The minimum atomic E-state index is -4.38. The first-order valence-electron chi connectivity index (χ1n) is 11.7. The van der Waals surface area contributed by atoms with Crippen molar-refractivity contribution in [2.45, 2.75) is 46.1 Å². The van der Waals surface area contributed by atoms with Crippen LogP contribution in [0.5, 0.6) is 0 Å². The van der Waals surface area contributed by atoms with Crippen molar-refractivity contribution < 1.29 is 26.4 Å². The van der Waals surface area contributed by atoms with Crippen LogP contribution in [0.4, 0.5) is 13.2 Å². The number of amides is 1. The molecule has 0 spiro atoms. The fourth-order valence-electron chi connectivity index (χ4n) is 4.11. The molecule has 200 valence electrons. The molecule has 2 heterocycles. The van der Waals surface area contributed by atoms with Crippen molar-refractivity contribution in [3.63, 3.8) is 0 Å². The first kappa shape index (κ1) is 28.3. The molecule has 1 aromatic heterocycles. The number of aromatic nitrogens is 1. The lowest BCUT2D eigenvalue weighted by atomic mass is 9.99. The van der Waals surface area contributed by atoms with Gasteiger partial charge in [0.05, 0.1) is 28.6 Å². The molecule has 37 heavy (non-hydrogen) atoms. The van der Waals surface area contributed by atoms with Gasteiger partial charge in [0.25, 0.3) is 15.9 Å². The molecule has 12 heteroatoms. The molecule has 1 amide bonds. The second kappa shape index (κ2) is 11.4. The van der Waals surface area contributed by atoms with Gasteiger partial charge in [0.1, 0.15) is 0 Å². The van der Waals surface area contributed by atoms with Crippen LogP contribution < -0.4 is 11.1 Å². The van der Waals surface area contributed by atoms with Crippen LogP contribution in [0.15, 0.2) is 52.7 Å². The summed E-state index contributed by atoms with van der Waals surface area (Å²) in [6.45, 7) is 6.46. The van der Waals surface area contributed by atoms with Gasteiger partial charge in [0.15, 0.2) is 0 Å². The second-order valence-electron chi connectivity index (χ2n) is 9.09. The summed E-state index contributed by atoms with van der Waals surface area (Å²) < 4.78 is 65.3. The molecule has 1 unspecified atom stereocenters. The summed E-state index contributed by atoms with van der Waals surface area (Å²) in [4.78, 5) is 19.4. The number of carbonyl (C=O) groups is 1. The Morgan fingerprint density at radius 1 is 1.30 bits per heavy atom. The molecule has 1 aliphatic heterocycles. The number of hydrogen-bond acceptors (Lipinski definition) is 6. The van der Waals surface area contributed by atoms with Crippen LogP contribution in [0.3, 0.4) is 0 Å². The summed E-state index contributed by atoms with van der Waals surface area (Å²) in [5.74, 6) is -0.385. The molecule has 8 nitrogen and oxygen atoms in total. The van der Waals surface area contributed by atoms with Gasteiger partial charge in [0, 0.05) is 43.8 Å². The lowest BCUT2D eigenvalue weighted by molar-refractivity contribution is -0.137. The number of nitrogens with one attached hydrogen (secondary N) is 1. The predicted molar refractivity (Wildman–Crippen MR) is 135 cm³/mol. The largest absolute Gasteiger partial charge is 0.416 e. The molecule has 0 saturated carbocycles. The maximum Gasteiger partial charge on any atom is 0.416 e. The highest BCUT2D eigenvalue weighted by molar-refractivity contribution is 7.90. The SMILES string of the molecule is CCS(=O)(=O)N=CC(=CN)CNC(=O)c1cnc2c(c1)CN(Cc1ccc(C(F)(F)F)cc1)C2C(C)C. The lowest BCUT2D eigenvalue weighted by Gasteiger charge is -2.27. The molecule has 0 aliphatic carbocycles. The van der Waals surface area contributed by atoms with E-state index in [1.54, 1.807) is 6.07 Å². The number of alkyl halides is 3. The zero-order valence-electron chi connectivity index (χ0n) is 20.8. The van der Waals surface area contributed by atoms with Gasteiger partial charge in [-0.05, 0) is 42.2 Å². The Labute approximate surface area is 214 Å². The van der Waals surface area contributed by atoms with Crippen molar-refractivity contribution in [3.8, 4) is 0 Å². The van der Waals surface area contributed by atoms with E-state index in [9.17, 15) is 26.4 Å². The Hall–Kier alpha value is -3.25. The van der Waals surface area contributed by atoms with Crippen LogP contribution >= 0.6 is 0 Å². The number of nitrogens with two attached hydrogens (primary N) is 1. The number of benzene rings is 1. The minimum absolute atomic E-state index is 0.0240. The van der Waals surface area contributed by atoms with Crippen LogP contribution in [0.1, 0.15) is 59.6 Å². The van der Waals surface area contributed by atoms with Crippen molar-refractivity contribution >= 4 is 22.1 Å². The molecule has 3 N–H and O–H groups in total. The van der Waals surface area contributed by atoms with Gasteiger partial charge in [0.2, 0.25) is 0 Å². The minimum Gasteiger partial charge on any atom is -0.404 e.